The summed E-state index contributed by atoms with van der Waals surface area (Å²) in [6, 6.07) is 21.1. The number of pyridine rings is 1. The molecule has 0 spiro atoms. The van der Waals surface area contributed by atoms with E-state index in [1.54, 1.807) is 55.4 Å². The highest BCUT2D eigenvalue weighted by atomic mass is 19.4. The van der Waals surface area contributed by atoms with Crippen molar-refractivity contribution in [3.63, 3.8) is 0 Å². The zero-order chi connectivity index (χ0) is 55.0. The van der Waals surface area contributed by atoms with Crippen LogP contribution in [-0.2, 0) is 49.7 Å². The lowest BCUT2D eigenvalue weighted by molar-refractivity contribution is -0.137. The zero-order valence-corrected chi connectivity index (χ0v) is 43.8. The third kappa shape index (κ3) is 10.3. The summed E-state index contributed by atoms with van der Waals surface area (Å²) in [7, 11) is 5.19. The van der Waals surface area contributed by atoms with E-state index in [-0.39, 0.29) is 64.0 Å². The summed E-state index contributed by atoms with van der Waals surface area (Å²) in [4.78, 5) is 16.6. The molecule has 0 amide bonds. The number of methoxy groups -OCH3 is 1. The molecule has 79 heavy (non-hydrogen) atoms. The molecule has 3 atom stereocenters. The number of rotatable bonds is 16. The number of benzene rings is 4. The van der Waals surface area contributed by atoms with Gasteiger partial charge in [-0.3, -0.25) is 4.90 Å². The predicted octanol–water partition coefficient (Wildman–Crippen LogP) is 12.3. The average molecular weight is 1090 g/mol. The van der Waals surface area contributed by atoms with Crippen molar-refractivity contribution in [1.29, 1.82) is 0 Å². The number of nitrogens with one attached hydrogen (secondary N) is 1. The maximum absolute atomic E-state index is 15.1. The molecule has 12 rings (SSSR count). The first-order valence-corrected chi connectivity index (χ1v) is 26.5. The summed E-state index contributed by atoms with van der Waals surface area (Å²) in [6.07, 6.45) is -1.21. The topological polar surface area (TPSA) is 151 Å². The van der Waals surface area contributed by atoms with Crippen LogP contribution in [0.25, 0.3) is 67.8 Å². The van der Waals surface area contributed by atoms with Gasteiger partial charge in [-0.15, -0.1) is 20.4 Å². The van der Waals surface area contributed by atoms with Gasteiger partial charge in [-0.25, -0.2) is 19.3 Å². The second-order valence-electron chi connectivity index (χ2n) is 21.8. The van der Waals surface area contributed by atoms with Crippen LogP contribution >= 0.6 is 0 Å². The second kappa shape index (κ2) is 20.4. The predicted molar refractivity (Wildman–Crippen MR) is 279 cm³/mol. The molecule has 14 nitrogen and oxygen atoms in total. The van der Waals surface area contributed by atoms with E-state index in [4.69, 9.17) is 23.5 Å². The van der Waals surface area contributed by atoms with E-state index in [9.17, 15) is 26.3 Å². The van der Waals surface area contributed by atoms with E-state index in [1.807, 2.05) is 35.9 Å². The van der Waals surface area contributed by atoms with Crippen LogP contribution < -0.4 is 5.32 Å². The highest BCUT2D eigenvalue weighted by Gasteiger charge is 2.53. The van der Waals surface area contributed by atoms with Gasteiger partial charge in [-0.2, -0.15) is 26.3 Å². The minimum atomic E-state index is -4.72. The number of piperidine rings is 1. The average Bonchev–Trinajstić information content (AvgIpc) is 3.86. The molecule has 1 aliphatic heterocycles. The van der Waals surface area contributed by atoms with Gasteiger partial charge in [0.25, 0.3) is 0 Å². The molecule has 0 bridgehead atoms. The smallest absolute Gasteiger partial charge is 0.420 e. The van der Waals surface area contributed by atoms with Gasteiger partial charge in [0.1, 0.15) is 52.2 Å². The SMILES string of the molecule is COCCNCc1cc(C(F)(F)F)c2oc(-c3cccc([C@]4(c5nncn5C)C[C@@H](CC5CC5c5cc(-c6ccc(F)cc6-c6nncn6C)cc(-c6nc7cc(CN8CCC[C@H](C)C8)cc(C(F)(F)F)c7o6)n5)C4)c3)nc2c1. The van der Waals surface area contributed by atoms with Crippen LogP contribution in [0.15, 0.2) is 100 Å². The van der Waals surface area contributed by atoms with Crippen molar-refractivity contribution in [2.45, 2.75) is 82.2 Å². The van der Waals surface area contributed by atoms with E-state index >= 15 is 4.39 Å². The standard InChI is InChI=1S/C58H56F7N11O3/c1-32-7-6-13-76(28-32)29-34-17-45(58(63,64)65)51-48(19-34)71-54(79-51)49-23-38(41-11-10-40(59)24-43(41)52-72-67-30-74(52)2)22-46(69-49)42-21-37(42)15-35-25-56(26-35,55-73-68-31-75(55)3)39-9-5-8-36(20-39)53-70-47-18-33(27-66-12-14-77-4)16-44(50(47)78-53)57(60,61)62/h5,8-11,16-20,22-24,30-32,35,37,42,66H,6-7,12-15,21,25-29H2,1-4H3/t32-,35-,37?,42?,56+/m0/s1. The highest BCUT2D eigenvalue weighted by Crippen LogP contribution is 2.59. The normalized spacial score (nSPS) is 20.8. The van der Waals surface area contributed by atoms with Crippen LogP contribution in [0.5, 0.6) is 0 Å². The molecule has 410 valence electrons. The summed E-state index contributed by atoms with van der Waals surface area (Å²) in [5.41, 5.74) is 1.96. The Balaban J connectivity index is 0.854. The lowest BCUT2D eigenvalue weighted by Crippen LogP contribution is -2.44. The van der Waals surface area contributed by atoms with Gasteiger partial charge in [0.05, 0.1) is 12.0 Å². The lowest BCUT2D eigenvalue weighted by Gasteiger charge is -2.47. The van der Waals surface area contributed by atoms with Crippen LogP contribution in [0.2, 0.25) is 0 Å². The van der Waals surface area contributed by atoms with Crippen molar-refractivity contribution < 1.29 is 44.3 Å². The Labute approximate surface area is 449 Å². The first kappa shape index (κ1) is 52.3. The van der Waals surface area contributed by atoms with E-state index < -0.39 is 34.7 Å². The Hall–Kier alpha value is -7.36. The fourth-order valence-corrected chi connectivity index (χ4v) is 12.2. The number of halogens is 7. The number of nitrogens with zero attached hydrogens (tertiary/aromatic N) is 10. The number of alkyl halides is 6. The molecule has 3 aliphatic rings. The zero-order valence-electron chi connectivity index (χ0n) is 43.8. The Morgan fingerprint density at radius 1 is 0.772 bits per heavy atom. The molecular formula is C58H56F7N11O3. The van der Waals surface area contributed by atoms with Crippen molar-refractivity contribution in [2.24, 2.45) is 31.8 Å². The summed E-state index contributed by atoms with van der Waals surface area (Å²) < 4.78 is 124. The number of hydrogen-bond acceptors (Lipinski definition) is 12. The first-order valence-electron chi connectivity index (χ1n) is 26.5. The summed E-state index contributed by atoms with van der Waals surface area (Å²) in [5, 5.41) is 20.3. The minimum Gasteiger partial charge on any atom is -0.435 e. The summed E-state index contributed by atoms with van der Waals surface area (Å²) in [5.74, 6) is 1.45. The van der Waals surface area contributed by atoms with Gasteiger partial charge in [0.2, 0.25) is 11.8 Å². The third-order valence-corrected chi connectivity index (χ3v) is 16.0. The van der Waals surface area contributed by atoms with Gasteiger partial charge >= 0.3 is 12.4 Å². The number of aryl methyl sites for hydroxylation is 2. The van der Waals surface area contributed by atoms with E-state index in [0.29, 0.717) is 83.4 Å². The largest absolute Gasteiger partial charge is 0.435 e. The van der Waals surface area contributed by atoms with Crippen molar-refractivity contribution in [2.75, 3.05) is 33.4 Å². The Morgan fingerprint density at radius 2 is 1.49 bits per heavy atom. The van der Waals surface area contributed by atoms with Crippen LogP contribution in [-0.4, -0.2) is 82.7 Å². The molecule has 0 radical (unpaired) electrons. The molecule has 5 aromatic heterocycles. The van der Waals surface area contributed by atoms with E-state index in [2.05, 4.69) is 42.5 Å². The lowest BCUT2D eigenvalue weighted by atomic mass is 9.56. The van der Waals surface area contributed by atoms with Crippen LogP contribution in [0.1, 0.15) is 90.7 Å². The Kier molecular flexibility index (Phi) is 13.5. The maximum atomic E-state index is 15.1. The minimum absolute atomic E-state index is 0.0402. The van der Waals surface area contributed by atoms with E-state index in [1.165, 1.54) is 18.5 Å². The molecule has 3 fully saturated rings. The number of fused-ring (bicyclic) bond motifs is 2. The third-order valence-electron chi connectivity index (χ3n) is 16.0. The molecule has 2 unspecified atom stereocenters. The molecule has 21 heteroatoms. The number of aromatic nitrogens is 9. The monoisotopic (exact) mass is 1090 g/mol. The Bertz CT molecular complexity index is 3730. The molecule has 6 heterocycles. The van der Waals surface area contributed by atoms with Crippen LogP contribution in [0.4, 0.5) is 30.7 Å². The van der Waals surface area contributed by atoms with Crippen molar-refractivity contribution >= 4 is 22.2 Å². The van der Waals surface area contributed by atoms with E-state index in [0.717, 1.165) is 62.3 Å². The second-order valence-corrected chi connectivity index (χ2v) is 21.8. The fraction of sp³-hybridized carbons (Fsp3) is 0.397. The van der Waals surface area contributed by atoms with Crippen molar-refractivity contribution in [3.05, 3.63) is 137 Å². The van der Waals surface area contributed by atoms with Gasteiger partial charge in [0.15, 0.2) is 17.0 Å². The van der Waals surface area contributed by atoms with Gasteiger partial charge in [0, 0.05) is 70.1 Å². The van der Waals surface area contributed by atoms with Gasteiger partial charge in [-0.1, -0.05) is 25.1 Å². The molecule has 4 aromatic carbocycles. The molecule has 2 saturated carbocycles. The highest BCUT2D eigenvalue weighted by molar-refractivity contribution is 5.85. The van der Waals surface area contributed by atoms with Crippen molar-refractivity contribution in [3.8, 4) is 45.6 Å². The number of ether oxygens (including phenoxy) is 1. The molecule has 1 N–H and O–H groups in total. The number of likely N-dealkylation sites (tertiary alicyclic amines) is 1. The Morgan fingerprint density at radius 3 is 2.20 bits per heavy atom. The molecular weight excluding hydrogens is 1030 g/mol. The first-order chi connectivity index (χ1) is 37.9. The summed E-state index contributed by atoms with van der Waals surface area (Å²) in [6.45, 7) is 5.13. The number of hydrogen-bond donors (Lipinski definition) is 1. The molecule has 2 aliphatic carbocycles. The van der Waals surface area contributed by atoms with Crippen LogP contribution in [0, 0.1) is 23.6 Å². The molecule has 1 saturated heterocycles. The maximum Gasteiger partial charge on any atom is 0.420 e. The molecule has 9 aromatic rings. The van der Waals surface area contributed by atoms with Crippen molar-refractivity contribution in [1.82, 2.24) is 54.7 Å². The quantitative estimate of drug-likeness (QED) is 0.0724. The fourth-order valence-electron chi connectivity index (χ4n) is 12.2. The number of oxazole rings is 2. The summed E-state index contributed by atoms with van der Waals surface area (Å²) >= 11 is 0. The van der Waals surface area contributed by atoms with Gasteiger partial charge < -0.3 is 28.0 Å². The van der Waals surface area contributed by atoms with Crippen LogP contribution in [0.3, 0.4) is 0 Å². The van der Waals surface area contributed by atoms with Gasteiger partial charge in [-0.05, 0) is 151 Å².